The fourth-order valence-electron chi connectivity index (χ4n) is 6.02. The fourth-order valence-corrected chi connectivity index (χ4v) is 6.02. The zero-order valence-corrected chi connectivity index (χ0v) is 18.1. The van der Waals surface area contributed by atoms with E-state index in [0.29, 0.717) is 12.0 Å². The van der Waals surface area contributed by atoms with Gasteiger partial charge in [-0.2, -0.15) is 0 Å². The summed E-state index contributed by atoms with van der Waals surface area (Å²) in [6.07, 6.45) is 5.44. The molecule has 1 N–H and O–H groups in total. The molecule has 3 nitrogen and oxygen atoms in total. The molecule has 0 amide bonds. The van der Waals surface area contributed by atoms with Crippen molar-refractivity contribution in [3.63, 3.8) is 0 Å². The number of aromatic nitrogens is 1. The number of fused-ring (bicyclic) bond motifs is 4. The molecule has 1 fully saturated rings. The Bertz CT molecular complexity index is 1030. The first-order valence-corrected chi connectivity index (χ1v) is 11.2. The van der Waals surface area contributed by atoms with Crippen LogP contribution in [0, 0.1) is 11.7 Å². The van der Waals surface area contributed by atoms with Crippen molar-refractivity contribution in [2.45, 2.75) is 56.8 Å². The molecule has 5 rings (SSSR count). The van der Waals surface area contributed by atoms with E-state index < -0.39 is 0 Å². The lowest BCUT2D eigenvalue weighted by atomic mass is 9.71. The molecule has 1 aliphatic carbocycles. The number of H-pyrrole nitrogens is 1. The van der Waals surface area contributed by atoms with Gasteiger partial charge in [0.2, 0.25) is 0 Å². The van der Waals surface area contributed by atoms with Gasteiger partial charge >= 0.3 is 0 Å². The van der Waals surface area contributed by atoms with Crippen LogP contribution in [-0.4, -0.2) is 30.1 Å². The number of ether oxygens (including phenoxy) is 1. The Kier molecular flexibility index (Phi) is 4.95. The van der Waals surface area contributed by atoms with E-state index in [2.05, 4.69) is 55.2 Å². The number of aromatic amines is 1. The van der Waals surface area contributed by atoms with E-state index in [9.17, 15) is 4.39 Å². The molecule has 0 bridgehead atoms. The summed E-state index contributed by atoms with van der Waals surface area (Å²) in [5.41, 5.74) is 4.97. The second-order valence-corrected chi connectivity index (χ2v) is 9.45. The predicted octanol–water partition coefficient (Wildman–Crippen LogP) is 5.96. The average Bonchev–Trinajstić information content (AvgIpc) is 3.10. The Balaban J connectivity index is 1.44. The van der Waals surface area contributed by atoms with Gasteiger partial charge in [-0.05, 0) is 81.9 Å². The van der Waals surface area contributed by atoms with Crippen molar-refractivity contribution in [1.29, 1.82) is 0 Å². The number of benzene rings is 2. The second kappa shape index (κ2) is 7.51. The van der Waals surface area contributed by atoms with Gasteiger partial charge in [0.05, 0.1) is 11.8 Å². The summed E-state index contributed by atoms with van der Waals surface area (Å²) < 4.78 is 20.2. The van der Waals surface area contributed by atoms with Crippen molar-refractivity contribution in [2.24, 2.45) is 5.92 Å². The van der Waals surface area contributed by atoms with E-state index in [0.717, 1.165) is 32.1 Å². The Morgan fingerprint density at radius 2 is 1.77 bits per heavy atom. The lowest BCUT2D eigenvalue weighted by molar-refractivity contribution is -0.135. The molecule has 1 spiro atoms. The van der Waals surface area contributed by atoms with E-state index >= 15 is 0 Å². The molecular formula is C26H31FN2O. The van der Waals surface area contributed by atoms with Crippen LogP contribution in [0.5, 0.6) is 0 Å². The summed E-state index contributed by atoms with van der Waals surface area (Å²) in [5, 5.41) is 1.35. The summed E-state index contributed by atoms with van der Waals surface area (Å²) >= 11 is 0. The number of hydrogen-bond acceptors (Lipinski definition) is 2. The molecule has 158 valence electrons. The lowest BCUT2D eigenvalue weighted by Gasteiger charge is -2.47. The molecule has 2 heterocycles. The topological polar surface area (TPSA) is 28.3 Å². The van der Waals surface area contributed by atoms with Gasteiger partial charge in [-0.25, -0.2) is 4.39 Å². The van der Waals surface area contributed by atoms with Gasteiger partial charge in [-0.3, -0.25) is 0 Å². The Morgan fingerprint density at radius 1 is 1.07 bits per heavy atom. The summed E-state index contributed by atoms with van der Waals surface area (Å²) in [6, 6.07) is 16.0. The van der Waals surface area contributed by atoms with Gasteiger partial charge in [0, 0.05) is 23.4 Å². The van der Waals surface area contributed by atoms with Crippen LogP contribution in [0.15, 0.2) is 48.5 Å². The van der Waals surface area contributed by atoms with Gasteiger partial charge in [0.1, 0.15) is 11.4 Å². The highest BCUT2D eigenvalue weighted by Gasteiger charge is 2.46. The standard InChI is InChI=1S/C26H31FN2O/c1-17-16-22-21-6-4-5-7-23(21)28-25(22)26(30-17)14-12-19(13-15-26)24(29(2)3)18-8-10-20(27)11-9-18/h4-11,17,19,24,28H,12-16H2,1-3H3. The molecule has 1 aliphatic heterocycles. The highest BCUT2D eigenvalue weighted by molar-refractivity contribution is 5.85. The molecule has 2 aromatic carbocycles. The third-order valence-corrected chi connectivity index (χ3v) is 7.24. The van der Waals surface area contributed by atoms with Gasteiger partial charge in [-0.15, -0.1) is 0 Å². The summed E-state index contributed by atoms with van der Waals surface area (Å²) in [5.74, 6) is 0.361. The van der Waals surface area contributed by atoms with Crippen LogP contribution in [0.3, 0.4) is 0 Å². The van der Waals surface area contributed by atoms with Crippen molar-refractivity contribution in [1.82, 2.24) is 9.88 Å². The minimum absolute atomic E-state index is 0.171. The fraction of sp³-hybridized carbons (Fsp3) is 0.462. The van der Waals surface area contributed by atoms with Crippen LogP contribution in [0.2, 0.25) is 0 Å². The Hall–Kier alpha value is -2.17. The minimum Gasteiger partial charge on any atom is -0.365 e. The quantitative estimate of drug-likeness (QED) is 0.582. The summed E-state index contributed by atoms with van der Waals surface area (Å²) in [4.78, 5) is 6.01. The molecule has 4 heteroatoms. The number of para-hydroxylation sites is 1. The second-order valence-electron chi connectivity index (χ2n) is 9.45. The number of hydrogen-bond donors (Lipinski definition) is 1. The zero-order chi connectivity index (χ0) is 20.9. The maximum Gasteiger partial charge on any atom is 0.123 e. The molecule has 3 aromatic rings. The number of halogens is 1. The van der Waals surface area contributed by atoms with E-state index in [1.165, 1.54) is 27.7 Å². The molecule has 0 saturated heterocycles. The van der Waals surface area contributed by atoms with Crippen LogP contribution in [0.4, 0.5) is 4.39 Å². The molecule has 30 heavy (non-hydrogen) atoms. The number of rotatable bonds is 3. The van der Waals surface area contributed by atoms with E-state index in [4.69, 9.17) is 4.74 Å². The van der Waals surface area contributed by atoms with Crippen molar-refractivity contribution >= 4 is 10.9 Å². The monoisotopic (exact) mass is 406 g/mol. The maximum atomic E-state index is 13.5. The van der Waals surface area contributed by atoms with E-state index in [1.807, 2.05) is 12.1 Å². The average molecular weight is 407 g/mol. The molecule has 0 radical (unpaired) electrons. The third-order valence-electron chi connectivity index (χ3n) is 7.24. The molecule has 1 aromatic heterocycles. The van der Waals surface area contributed by atoms with Crippen molar-refractivity contribution in [3.05, 3.63) is 71.2 Å². The van der Waals surface area contributed by atoms with Crippen LogP contribution in [0.25, 0.3) is 10.9 Å². The van der Waals surface area contributed by atoms with Crippen LogP contribution in [-0.2, 0) is 16.8 Å². The number of nitrogens with one attached hydrogen (secondary N) is 1. The summed E-state index contributed by atoms with van der Waals surface area (Å²) in [6.45, 7) is 2.21. The van der Waals surface area contributed by atoms with Crippen LogP contribution in [0.1, 0.15) is 55.5 Å². The van der Waals surface area contributed by atoms with Crippen LogP contribution < -0.4 is 0 Å². The Labute approximate surface area is 178 Å². The number of nitrogens with zero attached hydrogens (tertiary/aromatic N) is 1. The van der Waals surface area contributed by atoms with Gasteiger partial charge in [-0.1, -0.05) is 30.3 Å². The van der Waals surface area contributed by atoms with Crippen molar-refractivity contribution in [3.8, 4) is 0 Å². The van der Waals surface area contributed by atoms with E-state index in [-0.39, 0.29) is 17.5 Å². The lowest BCUT2D eigenvalue weighted by Crippen LogP contribution is -2.43. The minimum atomic E-state index is -0.206. The van der Waals surface area contributed by atoms with Gasteiger partial charge in [0.15, 0.2) is 0 Å². The molecular weight excluding hydrogens is 375 g/mol. The largest absolute Gasteiger partial charge is 0.365 e. The van der Waals surface area contributed by atoms with Gasteiger partial charge in [0.25, 0.3) is 0 Å². The zero-order valence-electron chi connectivity index (χ0n) is 18.1. The van der Waals surface area contributed by atoms with Crippen LogP contribution >= 0.6 is 0 Å². The smallest absolute Gasteiger partial charge is 0.123 e. The van der Waals surface area contributed by atoms with E-state index in [1.54, 1.807) is 12.1 Å². The van der Waals surface area contributed by atoms with Gasteiger partial charge < -0.3 is 14.6 Å². The predicted molar refractivity (Wildman–Crippen MR) is 119 cm³/mol. The normalized spacial score (nSPS) is 27.5. The first-order valence-electron chi connectivity index (χ1n) is 11.2. The molecule has 2 atom stereocenters. The van der Waals surface area contributed by atoms with Crippen molar-refractivity contribution in [2.75, 3.05) is 14.1 Å². The Morgan fingerprint density at radius 3 is 2.47 bits per heavy atom. The highest BCUT2D eigenvalue weighted by Crippen LogP contribution is 2.51. The van der Waals surface area contributed by atoms with Crippen molar-refractivity contribution < 1.29 is 9.13 Å². The third kappa shape index (κ3) is 3.27. The highest BCUT2D eigenvalue weighted by atomic mass is 19.1. The maximum absolute atomic E-state index is 13.5. The SMILES string of the molecule is CC1Cc2c([nH]c3ccccc23)C2(CCC(C(c3ccc(F)cc3)N(C)C)CC2)O1. The summed E-state index contributed by atoms with van der Waals surface area (Å²) in [7, 11) is 4.26. The first kappa shape index (κ1) is 19.8. The first-order chi connectivity index (χ1) is 14.5. The molecule has 2 aliphatic rings. The molecule has 2 unspecified atom stereocenters. The molecule has 1 saturated carbocycles.